The molecule has 0 aliphatic carbocycles. The van der Waals surface area contributed by atoms with Crippen molar-refractivity contribution >= 4 is 17.2 Å². The molecule has 21 heavy (non-hydrogen) atoms. The van der Waals surface area contributed by atoms with Gasteiger partial charge < -0.3 is 10.1 Å². The quantitative estimate of drug-likeness (QED) is 0.921. The molecule has 1 aromatic carbocycles. The number of aryl methyl sites for hydroxylation is 2. The fraction of sp³-hybridized carbons (Fsp3) is 0.375. The zero-order valence-corrected chi connectivity index (χ0v) is 13.6. The van der Waals surface area contributed by atoms with Crippen molar-refractivity contribution in [3.63, 3.8) is 0 Å². The van der Waals surface area contributed by atoms with Crippen LogP contribution < -0.4 is 5.32 Å². The summed E-state index contributed by atoms with van der Waals surface area (Å²) in [6.45, 7) is 6.46. The molecule has 1 aromatic heterocycles. The predicted octanol–water partition coefficient (Wildman–Crippen LogP) is 3.40. The maximum absolute atomic E-state index is 12.3. The van der Waals surface area contributed by atoms with E-state index < -0.39 is 0 Å². The van der Waals surface area contributed by atoms with Crippen LogP contribution in [-0.2, 0) is 11.3 Å². The lowest BCUT2D eigenvalue weighted by molar-refractivity contribution is 0.0939. The molecule has 1 atom stereocenters. The van der Waals surface area contributed by atoms with Gasteiger partial charge in [0, 0.05) is 17.6 Å². The van der Waals surface area contributed by atoms with E-state index in [-0.39, 0.29) is 11.9 Å². The normalized spacial score (nSPS) is 12.2. The molecule has 112 valence electrons. The summed E-state index contributed by atoms with van der Waals surface area (Å²) in [6.07, 6.45) is 0. The number of hydrogen-bond donors (Lipinski definition) is 1. The van der Waals surface area contributed by atoms with Gasteiger partial charge in [0.05, 0.1) is 23.4 Å². The summed E-state index contributed by atoms with van der Waals surface area (Å²) in [4.78, 5) is 18.0. The molecule has 0 unspecified atom stereocenters. The third-order valence-electron chi connectivity index (χ3n) is 3.20. The van der Waals surface area contributed by atoms with Gasteiger partial charge in [0.15, 0.2) is 0 Å². The summed E-state index contributed by atoms with van der Waals surface area (Å²) in [7, 11) is 1.64. The van der Waals surface area contributed by atoms with Crippen LogP contribution in [-0.4, -0.2) is 18.0 Å². The highest BCUT2D eigenvalue weighted by Crippen LogP contribution is 2.22. The van der Waals surface area contributed by atoms with Crippen LogP contribution in [0.5, 0.6) is 0 Å². The fourth-order valence-corrected chi connectivity index (χ4v) is 3.18. The first-order valence-corrected chi connectivity index (χ1v) is 7.65. The predicted molar refractivity (Wildman–Crippen MR) is 84.6 cm³/mol. The molecule has 2 aromatic rings. The topological polar surface area (TPSA) is 51.2 Å². The molecular formula is C16H20N2O2S. The average molecular weight is 304 g/mol. The minimum Gasteiger partial charge on any atom is -0.380 e. The number of ether oxygens (including phenoxy) is 1. The molecule has 0 aliphatic heterocycles. The molecule has 0 bridgehead atoms. The number of aromatic nitrogens is 1. The minimum absolute atomic E-state index is 0.0921. The van der Waals surface area contributed by atoms with Crippen LogP contribution in [0.1, 0.15) is 44.5 Å². The minimum atomic E-state index is -0.103. The van der Waals surface area contributed by atoms with Gasteiger partial charge in [-0.1, -0.05) is 12.1 Å². The Morgan fingerprint density at radius 1 is 1.43 bits per heavy atom. The summed E-state index contributed by atoms with van der Waals surface area (Å²) in [6, 6.07) is 7.36. The highest BCUT2D eigenvalue weighted by atomic mass is 32.1. The van der Waals surface area contributed by atoms with E-state index in [0.717, 1.165) is 21.1 Å². The summed E-state index contributed by atoms with van der Waals surface area (Å²) >= 11 is 1.65. The lowest BCUT2D eigenvalue weighted by atomic mass is 10.1. The van der Waals surface area contributed by atoms with Gasteiger partial charge in [-0.3, -0.25) is 4.79 Å². The van der Waals surface area contributed by atoms with Crippen molar-refractivity contribution in [3.05, 3.63) is 51.0 Å². The number of thiazole rings is 1. The molecule has 0 radical (unpaired) electrons. The third-order valence-corrected chi connectivity index (χ3v) is 4.10. The van der Waals surface area contributed by atoms with Crippen molar-refractivity contribution in [1.82, 2.24) is 10.3 Å². The van der Waals surface area contributed by atoms with E-state index in [1.165, 1.54) is 0 Å². The number of nitrogens with zero attached hydrogens (tertiary/aromatic N) is 1. The van der Waals surface area contributed by atoms with E-state index in [0.29, 0.717) is 12.2 Å². The smallest absolute Gasteiger partial charge is 0.251 e. The molecule has 1 heterocycles. The Balaban J connectivity index is 2.10. The number of amides is 1. The Bertz CT molecular complexity index is 637. The van der Waals surface area contributed by atoms with E-state index in [4.69, 9.17) is 4.74 Å². The second-order valence-electron chi connectivity index (χ2n) is 5.00. The van der Waals surface area contributed by atoms with E-state index in [1.807, 2.05) is 39.0 Å². The van der Waals surface area contributed by atoms with Crippen LogP contribution in [0.2, 0.25) is 0 Å². The molecule has 2 rings (SSSR count). The number of carbonyl (C=O) groups excluding carboxylic acids is 1. The van der Waals surface area contributed by atoms with Crippen molar-refractivity contribution in [1.29, 1.82) is 0 Å². The molecule has 0 spiro atoms. The molecular weight excluding hydrogens is 284 g/mol. The number of benzene rings is 1. The summed E-state index contributed by atoms with van der Waals surface area (Å²) < 4.78 is 5.09. The van der Waals surface area contributed by atoms with Crippen molar-refractivity contribution in [3.8, 4) is 0 Å². The largest absolute Gasteiger partial charge is 0.380 e. The first-order chi connectivity index (χ1) is 10.0. The molecule has 4 nitrogen and oxygen atoms in total. The number of carbonyl (C=O) groups is 1. The van der Waals surface area contributed by atoms with Gasteiger partial charge in [-0.15, -0.1) is 11.3 Å². The molecule has 0 saturated heterocycles. The van der Waals surface area contributed by atoms with Crippen molar-refractivity contribution in [2.24, 2.45) is 0 Å². The summed E-state index contributed by atoms with van der Waals surface area (Å²) in [5.41, 5.74) is 2.57. The fourth-order valence-electron chi connectivity index (χ4n) is 2.26. The second-order valence-corrected chi connectivity index (χ2v) is 6.41. The average Bonchev–Trinajstić information content (AvgIpc) is 2.78. The van der Waals surface area contributed by atoms with Gasteiger partial charge in [-0.2, -0.15) is 0 Å². The summed E-state index contributed by atoms with van der Waals surface area (Å²) in [5, 5.41) is 4.02. The van der Waals surface area contributed by atoms with Crippen molar-refractivity contribution < 1.29 is 9.53 Å². The maximum Gasteiger partial charge on any atom is 0.251 e. The van der Waals surface area contributed by atoms with Gasteiger partial charge in [-0.25, -0.2) is 4.98 Å². The second kappa shape index (κ2) is 6.83. The van der Waals surface area contributed by atoms with Crippen LogP contribution in [0.15, 0.2) is 24.3 Å². The summed E-state index contributed by atoms with van der Waals surface area (Å²) in [5.74, 6) is -0.0921. The van der Waals surface area contributed by atoms with Crippen LogP contribution in [0.25, 0.3) is 0 Å². The molecule has 0 fully saturated rings. The lowest BCUT2D eigenvalue weighted by Crippen LogP contribution is -2.27. The Hall–Kier alpha value is -1.72. The highest BCUT2D eigenvalue weighted by Gasteiger charge is 2.16. The Kier molecular flexibility index (Phi) is 5.09. The monoisotopic (exact) mass is 304 g/mol. The number of nitrogens with one attached hydrogen (secondary N) is 1. The number of rotatable bonds is 5. The Morgan fingerprint density at radius 2 is 2.19 bits per heavy atom. The van der Waals surface area contributed by atoms with Gasteiger partial charge in [-0.05, 0) is 38.5 Å². The van der Waals surface area contributed by atoms with Crippen LogP contribution in [0.3, 0.4) is 0 Å². The molecule has 1 amide bonds. The number of methoxy groups -OCH3 is 1. The SMILES string of the molecule is COCc1cccc(C(=O)N[C@@H](C)c2nc(C)sc2C)c1. The van der Waals surface area contributed by atoms with Crippen LogP contribution >= 0.6 is 11.3 Å². The van der Waals surface area contributed by atoms with Gasteiger partial charge in [0.1, 0.15) is 0 Å². The van der Waals surface area contributed by atoms with Gasteiger partial charge in [0.25, 0.3) is 5.91 Å². The Morgan fingerprint density at radius 3 is 2.81 bits per heavy atom. The first-order valence-electron chi connectivity index (χ1n) is 6.84. The van der Waals surface area contributed by atoms with E-state index >= 15 is 0 Å². The zero-order valence-electron chi connectivity index (χ0n) is 12.8. The van der Waals surface area contributed by atoms with Crippen molar-refractivity contribution in [2.75, 3.05) is 7.11 Å². The first kappa shape index (κ1) is 15.7. The number of hydrogen-bond acceptors (Lipinski definition) is 4. The maximum atomic E-state index is 12.3. The van der Waals surface area contributed by atoms with Gasteiger partial charge in [0.2, 0.25) is 0 Å². The van der Waals surface area contributed by atoms with Crippen LogP contribution in [0, 0.1) is 13.8 Å². The zero-order chi connectivity index (χ0) is 15.4. The van der Waals surface area contributed by atoms with E-state index in [1.54, 1.807) is 24.5 Å². The lowest BCUT2D eigenvalue weighted by Gasteiger charge is -2.13. The standard InChI is InChI=1S/C16H20N2O2S/c1-10(15-11(2)21-12(3)18-15)17-16(19)14-7-5-6-13(8-14)9-20-4/h5-8,10H,9H2,1-4H3,(H,17,19)/t10-/m0/s1. The molecule has 0 saturated carbocycles. The van der Waals surface area contributed by atoms with Gasteiger partial charge >= 0.3 is 0 Å². The van der Waals surface area contributed by atoms with E-state index in [9.17, 15) is 4.79 Å². The molecule has 0 aliphatic rings. The highest BCUT2D eigenvalue weighted by molar-refractivity contribution is 7.11. The molecule has 1 N–H and O–H groups in total. The Labute approximate surface area is 129 Å². The van der Waals surface area contributed by atoms with E-state index in [2.05, 4.69) is 10.3 Å². The molecule has 5 heteroatoms. The third kappa shape index (κ3) is 3.89. The van der Waals surface area contributed by atoms with Crippen LogP contribution in [0.4, 0.5) is 0 Å². The van der Waals surface area contributed by atoms with Crippen molar-refractivity contribution in [2.45, 2.75) is 33.4 Å².